The zero-order valence-electron chi connectivity index (χ0n) is 17.6. The van der Waals surface area contributed by atoms with Gasteiger partial charge in [0, 0.05) is 31.1 Å². The van der Waals surface area contributed by atoms with Crippen molar-refractivity contribution in [3.63, 3.8) is 0 Å². The van der Waals surface area contributed by atoms with Crippen LogP contribution >= 0.6 is 0 Å². The smallest absolute Gasteiger partial charge is 0.325 e. The predicted molar refractivity (Wildman–Crippen MR) is 117 cm³/mol. The average molecular weight is 409 g/mol. The molecule has 0 amide bonds. The number of nitrogens with zero attached hydrogens (tertiary/aromatic N) is 2. The van der Waals surface area contributed by atoms with Gasteiger partial charge in [-0.15, -0.1) is 0 Å². The van der Waals surface area contributed by atoms with Crippen LogP contribution in [0.3, 0.4) is 0 Å². The summed E-state index contributed by atoms with van der Waals surface area (Å²) in [5.41, 5.74) is 4.79. The van der Waals surface area contributed by atoms with Gasteiger partial charge in [-0.05, 0) is 68.6 Å². The average Bonchev–Trinajstić information content (AvgIpc) is 3.22. The second-order valence-electron chi connectivity index (χ2n) is 8.50. The van der Waals surface area contributed by atoms with Crippen molar-refractivity contribution in [2.45, 2.75) is 63.5 Å². The fourth-order valence-corrected chi connectivity index (χ4v) is 4.69. The fourth-order valence-electron chi connectivity index (χ4n) is 4.69. The second kappa shape index (κ2) is 10.2. The van der Waals surface area contributed by atoms with Crippen LogP contribution < -0.4 is 0 Å². The normalized spacial score (nSPS) is 20.1. The van der Waals surface area contributed by atoms with Crippen molar-refractivity contribution in [2.24, 2.45) is 0 Å². The van der Waals surface area contributed by atoms with Crippen LogP contribution in [0.1, 0.15) is 60.7 Å². The second-order valence-corrected chi connectivity index (χ2v) is 8.50. The molecule has 30 heavy (non-hydrogen) atoms. The number of ether oxygens (including phenoxy) is 1. The SMILES string of the molecule is O=C(O)[C@H](c1ccccc1)N1CC[C@@H](OCCCCc2ccc3c(n2)CCCC3)C1. The third-order valence-corrected chi connectivity index (χ3v) is 6.31. The summed E-state index contributed by atoms with van der Waals surface area (Å²) >= 11 is 0. The maximum atomic E-state index is 11.8. The van der Waals surface area contributed by atoms with Crippen molar-refractivity contribution < 1.29 is 14.6 Å². The Bertz CT molecular complexity index is 840. The Balaban J connectivity index is 1.19. The summed E-state index contributed by atoms with van der Waals surface area (Å²) in [6.45, 7) is 2.17. The maximum absolute atomic E-state index is 11.8. The Labute approximate surface area is 179 Å². The van der Waals surface area contributed by atoms with Crippen molar-refractivity contribution in [1.29, 1.82) is 0 Å². The van der Waals surface area contributed by atoms with Gasteiger partial charge in [-0.25, -0.2) is 0 Å². The largest absolute Gasteiger partial charge is 0.480 e. The highest BCUT2D eigenvalue weighted by Gasteiger charge is 2.33. The molecule has 4 rings (SSSR count). The topological polar surface area (TPSA) is 62.7 Å². The Kier molecular flexibility index (Phi) is 7.13. The van der Waals surface area contributed by atoms with Crippen LogP contribution in [0, 0.1) is 0 Å². The Morgan fingerprint density at radius 3 is 2.80 bits per heavy atom. The molecule has 1 aliphatic carbocycles. The van der Waals surface area contributed by atoms with Gasteiger partial charge >= 0.3 is 5.97 Å². The highest BCUT2D eigenvalue weighted by atomic mass is 16.5. The predicted octanol–water partition coefficient (Wildman–Crippen LogP) is 4.20. The number of aliphatic carboxylic acids is 1. The lowest BCUT2D eigenvalue weighted by Gasteiger charge is -2.24. The van der Waals surface area contributed by atoms with Gasteiger partial charge in [0.25, 0.3) is 0 Å². The molecule has 1 aromatic carbocycles. The fraction of sp³-hybridized carbons (Fsp3) is 0.520. The van der Waals surface area contributed by atoms with Crippen molar-refractivity contribution >= 4 is 5.97 Å². The molecule has 5 nitrogen and oxygen atoms in total. The van der Waals surface area contributed by atoms with Crippen LogP contribution in [-0.4, -0.2) is 46.8 Å². The quantitative estimate of drug-likeness (QED) is 0.630. The minimum Gasteiger partial charge on any atom is -0.480 e. The molecule has 160 valence electrons. The number of unbranched alkanes of at least 4 members (excludes halogenated alkanes) is 1. The lowest BCUT2D eigenvalue weighted by atomic mass is 9.95. The number of rotatable bonds is 9. The molecule has 2 atom stereocenters. The van der Waals surface area contributed by atoms with E-state index >= 15 is 0 Å². The highest BCUT2D eigenvalue weighted by Crippen LogP contribution is 2.27. The summed E-state index contributed by atoms with van der Waals surface area (Å²) in [6.07, 6.45) is 8.97. The molecule has 2 aromatic rings. The van der Waals surface area contributed by atoms with E-state index in [1.165, 1.54) is 36.2 Å². The Morgan fingerprint density at radius 1 is 1.13 bits per heavy atom. The number of aromatic nitrogens is 1. The van der Waals surface area contributed by atoms with Crippen LogP contribution in [-0.2, 0) is 28.8 Å². The molecule has 5 heteroatoms. The van der Waals surface area contributed by atoms with E-state index in [0.717, 1.165) is 50.8 Å². The van der Waals surface area contributed by atoms with Gasteiger partial charge in [0.15, 0.2) is 0 Å². The summed E-state index contributed by atoms with van der Waals surface area (Å²) in [6, 6.07) is 13.4. The third kappa shape index (κ3) is 5.27. The minimum atomic E-state index is -0.792. The number of pyridine rings is 1. The molecule has 0 spiro atoms. The summed E-state index contributed by atoms with van der Waals surface area (Å²) in [4.78, 5) is 18.7. The van der Waals surface area contributed by atoms with Crippen molar-refractivity contribution in [3.05, 3.63) is 65.0 Å². The zero-order chi connectivity index (χ0) is 20.8. The minimum absolute atomic E-state index is 0.123. The van der Waals surface area contributed by atoms with Gasteiger partial charge < -0.3 is 9.84 Å². The van der Waals surface area contributed by atoms with E-state index in [9.17, 15) is 9.90 Å². The molecule has 1 aliphatic heterocycles. The monoisotopic (exact) mass is 408 g/mol. The van der Waals surface area contributed by atoms with E-state index in [2.05, 4.69) is 12.1 Å². The maximum Gasteiger partial charge on any atom is 0.325 e. The first-order valence-electron chi connectivity index (χ1n) is 11.3. The van der Waals surface area contributed by atoms with Crippen LogP contribution in [0.15, 0.2) is 42.5 Å². The van der Waals surface area contributed by atoms with Crippen molar-refractivity contribution in [3.8, 4) is 0 Å². The lowest BCUT2D eigenvalue weighted by Crippen LogP contribution is -2.33. The molecule has 1 aromatic heterocycles. The van der Waals surface area contributed by atoms with Crippen molar-refractivity contribution in [2.75, 3.05) is 19.7 Å². The lowest BCUT2D eigenvalue weighted by molar-refractivity contribution is -0.143. The van der Waals surface area contributed by atoms with Gasteiger partial charge in [-0.1, -0.05) is 36.4 Å². The number of carboxylic acids is 1. The first-order valence-corrected chi connectivity index (χ1v) is 11.3. The number of carbonyl (C=O) groups is 1. The molecular formula is C25H32N2O3. The van der Waals surface area contributed by atoms with Crippen molar-refractivity contribution in [1.82, 2.24) is 9.88 Å². The molecule has 0 saturated carbocycles. The van der Waals surface area contributed by atoms with Gasteiger partial charge in [0.2, 0.25) is 0 Å². The molecule has 1 N–H and O–H groups in total. The van der Waals surface area contributed by atoms with E-state index in [4.69, 9.17) is 9.72 Å². The first kappa shape index (κ1) is 21.0. The zero-order valence-corrected chi connectivity index (χ0v) is 17.6. The summed E-state index contributed by atoms with van der Waals surface area (Å²) in [5.74, 6) is -0.792. The highest BCUT2D eigenvalue weighted by molar-refractivity contribution is 5.75. The van der Waals surface area contributed by atoms with Gasteiger partial charge in [0.1, 0.15) is 6.04 Å². The molecule has 0 radical (unpaired) electrons. The van der Waals surface area contributed by atoms with Crippen LogP contribution in [0.4, 0.5) is 0 Å². The van der Waals surface area contributed by atoms with E-state index in [-0.39, 0.29) is 6.10 Å². The van der Waals surface area contributed by atoms with Gasteiger partial charge in [-0.2, -0.15) is 0 Å². The van der Waals surface area contributed by atoms with Gasteiger partial charge in [-0.3, -0.25) is 14.7 Å². The number of hydrogen-bond acceptors (Lipinski definition) is 4. The standard InChI is InChI=1S/C25H32N2O3/c28-25(29)24(20-9-2-1-3-10-20)27-16-15-22(18-27)30-17-7-6-11-21-14-13-19-8-4-5-12-23(19)26-21/h1-3,9-10,13-14,22,24H,4-8,11-12,15-18H2,(H,28,29)/t22-,24+/m1/s1. The summed E-state index contributed by atoms with van der Waals surface area (Å²) < 4.78 is 6.07. The Morgan fingerprint density at radius 2 is 1.97 bits per heavy atom. The molecule has 0 bridgehead atoms. The molecule has 0 unspecified atom stereocenters. The summed E-state index contributed by atoms with van der Waals surface area (Å²) in [5, 5.41) is 9.71. The number of hydrogen-bond donors (Lipinski definition) is 1. The van der Waals surface area contributed by atoms with E-state index in [0.29, 0.717) is 6.54 Å². The van der Waals surface area contributed by atoms with Crippen LogP contribution in [0.5, 0.6) is 0 Å². The number of carboxylic acid groups (broad SMARTS) is 1. The first-order chi connectivity index (χ1) is 14.7. The third-order valence-electron chi connectivity index (χ3n) is 6.31. The number of likely N-dealkylation sites (tertiary alicyclic amines) is 1. The van der Waals surface area contributed by atoms with E-state index in [1.807, 2.05) is 35.2 Å². The molecule has 1 fully saturated rings. The number of aryl methyl sites for hydroxylation is 3. The number of benzene rings is 1. The summed E-state index contributed by atoms with van der Waals surface area (Å²) in [7, 11) is 0. The molecular weight excluding hydrogens is 376 g/mol. The van der Waals surface area contributed by atoms with Crippen LogP contribution in [0.25, 0.3) is 0 Å². The molecule has 1 saturated heterocycles. The molecule has 2 heterocycles. The van der Waals surface area contributed by atoms with Crippen LogP contribution in [0.2, 0.25) is 0 Å². The van der Waals surface area contributed by atoms with E-state index < -0.39 is 12.0 Å². The van der Waals surface area contributed by atoms with E-state index in [1.54, 1.807) is 0 Å². The number of fused-ring (bicyclic) bond motifs is 1. The Hall–Kier alpha value is -2.24. The molecule has 2 aliphatic rings. The van der Waals surface area contributed by atoms with Gasteiger partial charge in [0.05, 0.1) is 6.10 Å².